The van der Waals surface area contributed by atoms with Crippen LogP contribution >= 0.6 is 0 Å². The quantitative estimate of drug-likeness (QED) is 0.601. The van der Waals surface area contributed by atoms with E-state index < -0.39 is 0 Å². The first kappa shape index (κ1) is 19.0. The lowest BCUT2D eigenvalue weighted by Gasteiger charge is -2.31. The van der Waals surface area contributed by atoms with E-state index >= 15 is 0 Å². The smallest absolute Gasteiger partial charge is 0.230 e. The van der Waals surface area contributed by atoms with Crippen molar-refractivity contribution >= 4 is 11.9 Å². The number of nitrogens with one attached hydrogen (secondary N) is 2. The monoisotopic (exact) mass is 347 g/mol. The molecule has 0 bridgehead atoms. The van der Waals surface area contributed by atoms with Crippen molar-refractivity contribution in [2.45, 2.75) is 32.2 Å². The van der Waals surface area contributed by atoms with Gasteiger partial charge in [-0.15, -0.1) is 0 Å². The standard InChI is InChI=1S/C18H29N5O2/c1-19-17(20-12-14-8-7-9-15(22-14)25-4)21-13-18(10-5-6-11-18)16(24)23(2)3/h7-9H,5-6,10-13H2,1-4H3,(H2,19,20,21). The number of hydrogen-bond acceptors (Lipinski definition) is 4. The third-order valence-electron chi connectivity index (χ3n) is 4.67. The maximum atomic E-state index is 12.6. The Bertz CT molecular complexity index is 609. The molecular weight excluding hydrogens is 318 g/mol. The number of pyridine rings is 1. The van der Waals surface area contributed by atoms with Gasteiger partial charge in [0, 0.05) is 33.8 Å². The molecule has 0 aromatic carbocycles. The topological polar surface area (TPSA) is 78.9 Å². The molecule has 2 N–H and O–H groups in total. The molecule has 1 heterocycles. The highest BCUT2D eigenvalue weighted by atomic mass is 16.5. The summed E-state index contributed by atoms with van der Waals surface area (Å²) in [7, 11) is 6.97. The molecule has 7 heteroatoms. The van der Waals surface area contributed by atoms with Gasteiger partial charge in [0.05, 0.1) is 24.8 Å². The van der Waals surface area contributed by atoms with Crippen molar-refractivity contribution in [1.82, 2.24) is 20.5 Å². The van der Waals surface area contributed by atoms with Crippen molar-refractivity contribution in [2.24, 2.45) is 10.4 Å². The number of rotatable bonds is 6. The highest BCUT2D eigenvalue weighted by molar-refractivity contribution is 5.85. The summed E-state index contributed by atoms with van der Waals surface area (Å²) in [4.78, 5) is 22.9. The van der Waals surface area contributed by atoms with Crippen LogP contribution in [0.25, 0.3) is 0 Å². The average molecular weight is 347 g/mol. The zero-order valence-corrected chi connectivity index (χ0v) is 15.6. The van der Waals surface area contributed by atoms with Crippen LogP contribution in [0.4, 0.5) is 0 Å². The molecule has 1 fully saturated rings. The minimum Gasteiger partial charge on any atom is -0.481 e. The summed E-state index contributed by atoms with van der Waals surface area (Å²) >= 11 is 0. The molecule has 0 spiro atoms. The Morgan fingerprint density at radius 1 is 1.32 bits per heavy atom. The van der Waals surface area contributed by atoms with E-state index in [1.54, 1.807) is 19.1 Å². The van der Waals surface area contributed by atoms with Gasteiger partial charge in [-0.2, -0.15) is 0 Å². The largest absolute Gasteiger partial charge is 0.481 e. The Hall–Kier alpha value is -2.31. The molecule has 0 atom stereocenters. The van der Waals surface area contributed by atoms with Crippen LogP contribution in [0.15, 0.2) is 23.2 Å². The molecule has 1 amide bonds. The van der Waals surface area contributed by atoms with Crippen molar-refractivity contribution < 1.29 is 9.53 Å². The van der Waals surface area contributed by atoms with Crippen molar-refractivity contribution in [3.05, 3.63) is 23.9 Å². The van der Waals surface area contributed by atoms with E-state index in [0.717, 1.165) is 31.4 Å². The number of methoxy groups -OCH3 is 1. The molecule has 2 rings (SSSR count). The average Bonchev–Trinajstić information content (AvgIpc) is 3.11. The number of nitrogens with zero attached hydrogens (tertiary/aromatic N) is 3. The van der Waals surface area contributed by atoms with Gasteiger partial charge in [-0.05, 0) is 18.9 Å². The van der Waals surface area contributed by atoms with Crippen molar-refractivity contribution in [2.75, 3.05) is 34.8 Å². The fraction of sp³-hybridized carbons (Fsp3) is 0.611. The van der Waals surface area contributed by atoms with Crippen LogP contribution < -0.4 is 15.4 Å². The molecule has 0 radical (unpaired) electrons. The third kappa shape index (κ3) is 4.84. The van der Waals surface area contributed by atoms with Gasteiger partial charge in [0.2, 0.25) is 11.8 Å². The van der Waals surface area contributed by atoms with Crippen molar-refractivity contribution in [1.29, 1.82) is 0 Å². The van der Waals surface area contributed by atoms with E-state index in [1.165, 1.54) is 0 Å². The number of aliphatic imine (C=N–C) groups is 1. The molecule has 1 aliphatic rings. The molecule has 7 nitrogen and oxygen atoms in total. The molecule has 0 saturated heterocycles. The fourth-order valence-electron chi connectivity index (χ4n) is 3.31. The minimum atomic E-state index is -0.324. The van der Waals surface area contributed by atoms with Crippen LogP contribution in [0.3, 0.4) is 0 Å². The highest BCUT2D eigenvalue weighted by Gasteiger charge is 2.42. The van der Waals surface area contributed by atoms with E-state index in [-0.39, 0.29) is 11.3 Å². The molecule has 1 aromatic rings. The summed E-state index contributed by atoms with van der Waals surface area (Å²) in [6.45, 7) is 1.13. The Morgan fingerprint density at radius 3 is 2.64 bits per heavy atom. The Morgan fingerprint density at radius 2 is 2.04 bits per heavy atom. The van der Waals surface area contributed by atoms with Crippen LogP contribution in [0.2, 0.25) is 0 Å². The number of amides is 1. The van der Waals surface area contributed by atoms with Crippen LogP contribution in [-0.2, 0) is 11.3 Å². The van der Waals surface area contributed by atoms with Gasteiger partial charge in [0.15, 0.2) is 5.96 Å². The predicted molar refractivity (Wildman–Crippen MR) is 98.6 cm³/mol. The molecule has 1 aromatic heterocycles. The van der Waals surface area contributed by atoms with E-state index in [9.17, 15) is 4.79 Å². The van der Waals surface area contributed by atoms with E-state index in [0.29, 0.717) is 24.9 Å². The Balaban J connectivity index is 1.94. The van der Waals surface area contributed by atoms with E-state index in [1.807, 2.05) is 32.3 Å². The molecule has 138 valence electrons. The van der Waals surface area contributed by atoms with E-state index in [4.69, 9.17) is 4.74 Å². The maximum Gasteiger partial charge on any atom is 0.230 e. The number of aromatic nitrogens is 1. The second-order valence-electron chi connectivity index (χ2n) is 6.64. The normalized spacial score (nSPS) is 16.4. The summed E-state index contributed by atoms with van der Waals surface area (Å²) in [5, 5.41) is 6.56. The first-order valence-electron chi connectivity index (χ1n) is 8.67. The zero-order chi connectivity index (χ0) is 18.3. The maximum absolute atomic E-state index is 12.6. The summed E-state index contributed by atoms with van der Waals surface area (Å²) in [6.07, 6.45) is 4.04. The lowest BCUT2D eigenvalue weighted by atomic mass is 9.84. The lowest BCUT2D eigenvalue weighted by Crippen LogP contribution is -2.49. The van der Waals surface area contributed by atoms with Gasteiger partial charge in [-0.25, -0.2) is 4.98 Å². The van der Waals surface area contributed by atoms with E-state index in [2.05, 4.69) is 20.6 Å². The summed E-state index contributed by atoms with van der Waals surface area (Å²) in [5.41, 5.74) is 0.539. The predicted octanol–water partition coefficient (Wildman–Crippen LogP) is 1.40. The van der Waals surface area contributed by atoms with Crippen molar-refractivity contribution in [3.8, 4) is 5.88 Å². The number of hydrogen-bond donors (Lipinski definition) is 2. The highest BCUT2D eigenvalue weighted by Crippen LogP contribution is 2.38. The molecule has 0 aliphatic heterocycles. The van der Waals surface area contributed by atoms with Gasteiger partial charge in [-0.3, -0.25) is 9.79 Å². The number of guanidine groups is 1. The first-order valence-corrected chi connectivity index (χ1v) is 8.67. The van der Waals surface area contributed by atoms with Gasteiger partial charge in [-0.1, -0.05) is 18.9 Å². The van der Waals surface area contributed by atoms with Crippen LogP contribution in [0.1, 0.15) is 31.4 Å². The minimum absolute atomic E-state index is 0.197. The van der Waals surface area contributed by atoms with Crippen LogP contribution in [0.5, 0.6) is 5.88 Å². The third-order valence-corrected chi connectivity index (χ3v) is 4.67. The first-order chi connectivity index (χ1) is 12.0. The lowest BCUT2D eigenvalue weighted by molar-refractivity contribution is -0.138. The Kier molecular flexibility index (Phi) is 6.61. The van der Waals surface area contributed by atoms with Crippen molar-refractivity contribution in [3.63, 3.8) is 0 Å². The molecule has 25 heavy (non-hydrogen) atoms. The molecule has 1 aliphatic carbocycles. The molecule has 1 saturated carbocycles. The summed E-state index contributed by atoms with van der Waals surface area (Å²) in [6, 6.07) is 5.65. The van der Waals surface area contributed by atoms with Gasteiger partial charge >= 0.3 is 0 Å². The molecule has 0 unspecified atom stereocenters. The van der Waals surface area contributed by atoms with Gasteiger partial charge in [0.1, 0.15) is 0 Å². The number of carbonyl (C=O) groups excluding carboxylic acids is 1. The molecular formula is C18H29N5O2. The van der Waals surface area contributed by atoms with Crippen LogP contribution in [0, 0.1) is 5.41 Å². The van der Waals surface area contributed by atoms with Gasteiger partial charge in [0.25, 0.3) is 0 Å². The summed E-state index contributed by atoms with van der Waals surface area (Å²) < 4.78 is 5.14. The second kappa shape index (κ2) is 8.69. The zero-order valence-electron chi connectivity index (χ0n) is 15.6. The Labute approximate surface area is 149 Å². The van der Waals surface area contributed by atoms with Crippen LogP contribution in [-0.4, -0.2) is 56.5 Å². The number of ether oxygens (including phenoxy) is 1. The fourth-order valence-corrected chi connectivity index (χ4v) is 3.31. The SMILES string of the molecule is CN=C(NCc1cccc(OC)n1)NCC1(C(=O)N(C)C)CCCC1. The number of carbonyl (C=O) groups is 1. The summed E-state index contributed by atoms with van der Waals surface area (Å²) in [5.74, 6) is 1.45. The second-order valence-corrected chi connectivity index (χ2v) is 6.64. The van der Waals surface area contributed by atoms with Gasteiger partial charge < -0.3 is 20.3 Å².